The fraction of sp³-hybridized carbons (Fsp3) is 0.200. The van der Waals surface area contributed by atoms with Crippen molar-refractivity contribution < 1.29 is 19.4 Å². The Balaban J connectivity index is 2.25. The second-order valence-electron chi connectivity index (χ2n) is 4.41. The van der Waals surface area contributed by atoms with Gasteiger partial charge < -0.3 is 14.6 Å². The zero-order valence-electron chi connectivity index (χ0n) is 11.2. The average Bonchev–Trinajstić information content (AvgIpc) is 2.41. The van der Waals surface area contributed by atoms with Crippen LogP contribution in [0.15, 0.2) is 42.6 Å². The minimum absolute atomic E-state index is 0.00750. The molecule has 0 unspecified atom stereocenters. The molecule has 1 aromatic carbocycles. The second kappa shape index (κ2) is 6.06. The van der Waals surface area contributed by atoms with Gasteiger partial charge in [0, 0.05) is 6.20 Å². The normalized spacial score (nSPS) is 10.3. The summed E-state index contributed by atoms with van der Waals surface area (Å²) >= 11 is 0. The van der Waals surface area contributed by atoms with Gasteiger partial charge in [-0.1, -0.05) is 6.07 Å². The van der Waals surface area contributed by atoms with Crippen LogP contribution in [0.5, 0.6) is 17.4 Å². The van der Waals surface area contributed by atoms with Gasteiger partial charge in [0.2, 0.25) is 0 Å². The van der Waals surface area contributed by atoms with Crippen LogP contribution in [0.1, 0.15) is 24.2 Å². The summed E-state index contributed by atoms with van der Waals surface area (Å²) < 4.78 is 11.2. The number of ether oxygens (including phenoxy) is 2. The molecule has 20 heavy (non-hydrogen) atoms. The number of aromatic carboxylic acids is 1. The number of carboxylic acids is 1. The van der Waals surface area contributed by atoms with E-state index in [1.807, 2.05) is 13.8 Å². The van der Waals surface area contributed by atoms with Crippen molar-refractivity contribution in [3.8, 4) is 17.4 Å². The molecule has 0 aliphatic carbocycles. The number of hydrogen-bond donors (Lipinski definition) is 1. The highest BCUT2D eigenvalue weighted by atomic mass is 16.5. The van der Waals surface area contributed by atoms with E-state index in [4.69, 9.17) is 14.6 Å². The maximum atomic E-state index is 10.9. The average molecular weight is 273 g/mol. The van der Waals surface area contributed by atoms with Gasteiger partial charge in [-0.3, -0.25) is 0 Å². The Labute approximate surface area is 116 Å². The summed E-state index contributed by atoms with van der Waals surface area (Å²) in [5.74, 6) is 0.222. The van der Waals surface area contributed by atoms with Crippen LogP contribution in [0, 0.1) is 0 Å². The monoisotopic (exact) mass is 273 g/mol. The van der Waals surface area contributed by atoms with Crippen molar-refractivity contribution in [3.05, 3.63) is 48.2 Å². The lowest BCUT2D eigenvalue weighted by Crippen LogP contribution is -2.07. The molecule has 0 bridgehead atoms. The van der Waals surface area contributed by atoms with Crippen LogP contribution in [0.4, 0.5) is 0 Å². The quantitative estimate of drug-likeness (QED) is 0.904. The van der Waals surface area contributed by atoms with E-state index in [1.54, 1.807) is 30.5 Å². The van der Waals surface area contributed by atoms with Gasteiger partial charge in [0.05, 0.1) is 11.7 Å². The molecule has 0 aliphatic rings. The standard InChI is InChI=1S/C15H15NO4/c1-10(2)19-13-7-4-8-16-14(13)20-12-6-3-5-11(9-12)15(17)18/h3-10H,1-2H3,(H,17,18). The molecular formula is C15H15NO4. The molecule has 5 nitrogen and oxygen atoms in total. The molecule has 0 fully saturated rings. The Morgan fingerprint density at radius 1 is 1.25 bits per heavy atom. The van der Waals surface area contributed by atoms with E-state index >= 15 is 0 Å². The molecule has 2 rings (SSSR count). The summed E-state index contributed by atoms with van der Waals surface area (Å²) in [6.07, 6.45) is 1.58. The molecule has 0 spiro atoms. The number of benzene rings is 1. The van der Waals surface area contributed by atoms with Gasteiger partial charge in [-0.15, -0.1) is 0 Å². The van der Waals surface area contributed by atoms with Gasteiger partial charge in [0.15, 0.2) is 5.75 Å². The molecule has 104 valence electrons. The predicted octanol–water partition coefficient (Wildman–Crippen LogP) is 3.36. The number of nitrogens with zero attached hydrogens (tertiary/aromatic N) is 1. The largest absolute Gasteiger partial charge is 0.485 e. The molecule has 1 heterocycles. The van der Waals surface area contributed by atoms with E-state index < -0.39 is 5.97 Å². The van der Waals surface area contributed by atoms with E-state index in [0.717, 1.165) is 0 Å². The Morgan fingerprint density at radius 3 is 2.75 bits per heavy atom. The first-order chi connectivity index (χ1) is 9.56. The lowest BCUT2D eigenvalue weighted by atomic mass is 10.2. The summed E-state index contributed by atoms with van der Waals surface area (Å²) in [7, 11) is 0. The Kier molecular flexibility index (Phi) is 4.20. The van der Waals surface area contributed by atoms with E-state index in [9.17, 15) is 4.79 Å². The summed E-state index contributed by atoms with van der Waals surface area (Å²) in [6, 6.07) is 9.72. The van der Waals surface area contributed by atoms with Gasteiger partial charge in [0.25, 0.3) is 5.88 Å². The highest BCUT2D eigenvalue weighted by molar-refractivity contribution is 5.88. The minimum Gasteiger partial charge on any atom is -0.485 e. The fourth-order valence-corrected chi connectivity index (χ4v) is 1.60. The molecule has 0 aliphatic heterocycles. The third kappa shape index (κ3) is 3.47. The molecule has 0 saturated heterocycles. The van der Waals surface area contributed by atoms with Crippen molar-refractivity contribution in [2.75, 3.05) is 0 Å². The van der Waals surface area contributed by atoms with Crippen molar-refractivity contribution in [3.63, 3.8) is 0 Å². The Bertz CT molecular complexity index is 610. The van der Waals surface area contributed by atoms with E-state index in [1.165, 1.54) is 12.1 Å². The van der Waals surface area contributed by atoms with Gasteiger partial charge in [-0.2, -0.15) is 0 Å². The van der Waals surface area contributed by atoms with Gasteiger partial charge >= 0.3 is 5.97 Å². The Morgan fingerprint density at radius 2 is 2.05 bits per heavy atom. The Hall–Kier alpha value is -2.56. The molecular weight excluding hydrogens is 258 g/mol. The molecule has 1 aromatic heterocycles. The van der Waals surface area contributed by atoms with Crippen molar-refractivity contribution in [1.82, 2.24) is 4.98 Å². The number of hydrogen-bond acceptors (Lipinski definition) is 4. The zero-order valence-corrected chi connectivity index (χ0v) is 11.2. The van der Waals surface area contributed by atoms with Crippen LogP contribution >= 0.6 is 0 Å². The lowest BCUT2D eigenvalue weighted by molar-refractivity contribution is 0.0696. The number of pyridine rings is 1. The number of rotatable bonds is 5. The third-order valence-corrected chi connectivity index (χ3v) is 2.39. The number of carboxylic acid groups (broad SMARTS) is 1. The smallest absolute Gasteiger partial charge is 0.335 e. The highest BCUT2D eigenvalue weighted by Crippen LogP contribution is 2.29. The third-order valence-electron chi connectivity index (χ3n) is 2.39. The molecule has 5 heteroatoms. The van der Waals surface area contributed by atoms with Crippen LogP contribution in [-0.2, 0) is 0 Å². The predicted molar refractivity (Wildman–Crippen MR) is 73.5 cm³/mol. The first-order valence-corrected chi connectivity index (χ1v) is 6.19. The first kappa shape index (κ1) is 13.9. The fourth-order valence-electron chi connectivity index (χ4n) is 1.60. The van der Waals surface area contributed by atoms with Crippen molar-refractivity contribution in [1.29, 1.82) is 0 Å². The zero-order chi connectivity index (χ0) is 14.5. The summed E-state index contributed by atoms with van der Waals surface area (Å²) in [5, 5.41) is 8.95. The molecule has 2 aromatic rings. The summed E-state index contributed by atoms with van der Waals surface area (Å²) in [6.45, 7) is 3.81. The van der Waals surface area contributed by atoms with Crippen LogP contribution in [0.3, 0.4) is 0 Å². The maximum absolute atomic E-state index is 10.9. The van der Waals surface area contributed by atoms with Gasteiger partial charge in [-0.25, -0.2) is 9.78 Å². The lowest BCUT2D eigenvalue weighted by Gasteiger charge is -2.13. The molecule has 0 radical (unpaired) electrons. The van der Waals surface area contributed by atoms with Crippen LogP contribution < -0.4 is 9.47 Å². The topological polar surface area (TPSA) is 68.7 Å². The molecule has 0 amide bonds. The molecule has 0 saturated carbocycles. The van der Waals surface area contributed by atoms with Crippen LogP contribution in [0.2, 0.25) is 0 Å². The van der Waals surface area contributed by atoms with Crippen molar-refractivity contribution >= 4 is 5.97 Å². The van der Waals surface area contributed by atoms with E-state index in [2.05, 4.69) is 4.98 Å². The van der Waals surface area contributed by atoms with Crippen LogP contribution in [-0.4, -0.2) is 22.2 Å². The second-order valence-corrected chi connectivity index (χ2v) is 4.41. The number of aromatic nitrogens is 1. The molecule has 0 atom stereocenters. The molecule has 1 N–H and O–H groups in total. The highest BCUT2D eigenvalue weighted by Gasteiger charge is 2.10. The minimum atomic E-state index is -1.00. The van der Waals surface area contributed by atoms with E-state index in [0.29, 0.717) is 17.4 Å². The summed E-state index contributed by atoms with van der Waals surface area (Å²) in [5.41, 5.74) is 0.157. The van der Waals surface area contributed by atoms with Crippen LogP contribution in [0.25, 0.3) is 0 Å². The maximum Gasteiger partial charge on any atom is 0.335 e. The number of carbonyl (C=O) groups is 1. The summed E-state index contributed by atoms with van der Waals surface area (Å²) in [4.78, 5) is 15.0. The van der Waals surface area contributed by atoms with E-state index in [-0.39, 0.29) is 11.7 Å². The van der Waals surface area contributed by atoms with Gasteiger partial charge in [-0.05, 0) is 44.2 Å². The van der Waals surface area contributed by atoms with Crippen molar-refractivity contribution in [2.45, 2.75) is 20.0 Å². The van der Waals surface area contributed by atoms with Gasteiger partial charge in [0.1, 0.15) is 5.75 Å². The first-order valence-electron chi connectivity index (χ1n) is 6.19. The van der Waals surface area contributed by atoms with Crippen molar-refractivity contribution in [2.24, 2.45) is 0 Å². The SMILES string of the molecule is CC(C)Oc1cccnc1Oc1cccc(C(=O)O)c1.